The molecule has 1 heterocycles. The van der Waals surface area contributed by atoms with Gasteiger partial charge in [-0.25, -0.2) is 0 Å². The molecule has 1 N–H and O–H groups in total. The Bertz CT molecular complexity index is 787. The minimum atomic E-state index is 0.520. The van der Waals surface area contributed by atoms with Gasteiger partial charge >= 0.3 is 0 Å². The number of hydrogen-bond acceptors (Lipinski definition) is 4. The molecule has 0 atom stereocenters. The number of benzene rings is 2. The van der Waals surface area contributed by atoms with Gasteiger partial charge in [0.15, 0.2) is 5.11 Å². The maximum Gasteiger partial charge on any atom is 0.173 e. The molecule has 0 unspecified atom stereocenters. The number of morpholine rings is 1. The van der Waals surface area contributed by atoms with Crippen LogP contribution in [0.15, 0.2) is 48.5 Å². The third kappa shape index (κ3) is 6.69. The van der Waals surface area contributed by atoms with Crippen molar-refractivity contribution < 1.29 is 9.47 Å². The van der Waals surface area contributed by atoms with Gasteiger partial charge in [0, 0.05) is 38.4 Å². The van der Waals surface area contributed by atoms with Crippen molar-refractivity contribution in [2.45, 2.75) is 26.3 Å². The molecule has 1 fully saturated rings. The van der Waals surface area contributed by atoms with Crippen LogP contribution in [-0.4, -0.2) is 61.4 Å². The van der Waals surface area contributed by atoms with Gasteiger partial charge in [-0.15, -0.1) is 0 Å². The van der Waals surface area contributed by atoms with Gasteiger partial charge in [-0.2, -0.15) is 0 Å². The summed E-state index contributed by atoms with van der Waals surface area (Å²) in [5.74, 6) is 1.38. The largest absolute Gasteiger partial charge is 0.497 e. The first-order valence-corrected chi connectivity index (χ1v) is 11.0. The van der Waals surface area contributed by atoms with Gasteiger partial charge in [0.25, 0.3) is 0 Å². The summed E-state index contributed by atoms with van der Waals surface area (Å²) in [5, 5.41) is 4.17. The molecule has 0 saturated carbocycles. The van der Waals surface area contributed by atoms with E-state index in [1.807, 2.05) is 12.1 Å². The van der Waals surface area contributed by atoms with Crippen LogP contribution >= 0.6 is 12.2 Å². The quantitative estimate of drug-likeness (QED) is 0.632. The maximum atomic E-state index is 5.80. The van der Waals surface area contributed by atoms with Crippen molar-refractivity contribution in [1.82, 2.24) is 9.80 Å². The van der Waals surface area contributed by atoms with E-state index in [4.69, 9.17) is 21.7 Å². The van der Waals surface area contributed by atoms with Crippen LogP contribution < -0.4 is 10.1 Å². The van der Waals surface area contributed by atoms with Crippen molar-refractivity contribution >= 4 is 23.0 Å². The van der Waals surface area contributed by atoms with Crippen LogP contribution in [0.1, 0.15) is 30.9 Å². The van der Waals surface area contributed by atoms with Crippen LogP contribution in [0.4, 0.5) is 5.69 Å². The maximum absolute atomic E-state index is 5.80. The van der Waals surface area contributed by atoms with Crippen LogP contribution in [-0.2, 0) is 11.3 Å². The van der Waals surface area contributed by atoms with Crippen LogP contribution in [0.2, 0.25) is 0 Å². The first-order valence-electron chi connectivity index (χ1n) is 10.6. The van der Waals surface area contributed by atoms with E-state index in [1.54, 1.807) is 7.11 Å². The Kier molecular flexibility index (Phi) is 8.49. The topological polar surface area (TPSA) is 37.0 Å². The van der Waals surface area contributed by atoms with Crippen LogP contribution in [0, 0.1) is 0 Å². The van der Waals surface area contributed by atoms with E-state index in [9.17, 15) is 0 Å². The third-order valence-corrected chi connectivity index (χ3v) is 5.80. The second-order valence-electron chi connectivity index (χ2n) is 7.93. The second-order valence-corrected chi connectivity index (χ2v) is 8.32. The molecule has 30 heavy (non-hydrogen) atoms. The number of methoxy groups -OCH3 is 1. The van der Waals surface area contributed by atoms with Crippen molar-refractivity contribution in [1.29, 1.82) is 0 Å². The molecule has 1 aliphatic heterocycles. The smallest absolute Gasteiger partial charge is 0.173 e. The standard InChI is InChI=1S/C24H33N3O2S/c1-19(2)21-6-8-22(9-7-21)25-24(30)27(13-12-26-14-16-29-17-15-26)18-20-4-10-23(28-3)11-5-20/h4-11,19H,12-18H2,1-3H3,(H,25,30). The van der Waals surface area contributed by atoms with E-state index in [1.165, 1.54) is 11.1 Å². The Balaban J connectivity index is 1.66. The lowest BCUT2D eigenvalue weighted by atomic mass is 10.0. The molecule has 2 aromatic carbocycles. The average Bonchev–Trinajstić information content (AvgIpc) is 2.78. The third-order valence-electron chi connectivity index (χ3n) is 5.44. The molecule has 0 aliphatic carbocycles. The summed E-state index contributed by atoms with van der Waals surface area (Å²) in [6.45, 7) is 10.6. The minimum absolute atomic E-state index is 0.520. The highest BCUT2D eigenvalue weighted by Gasteiger charge is 2.15. The highest BCUT2D eigenvalue weighted by Crippen LogP contribution is 2.18. The molecule has 0 spiro atoms. The summed E-state index contributed by atoms with van der Waals surface area (Å²) < 4.78 is 10.8. The van der Waals surface area contributed by atoms with Crippen molar-refractivity contribution in [3.05, 3.63) is 59.7 Å². The molecular formula is C24H33N3O2S. The first-order chi connectivity index (χ1) is 14.5. The monoisotopic (exact) mass is 427 g/mol. The van der Waals surface area contributed by atoms with Crippen molar-refractivity contribution in [2.75, 3.05) is 51.8 Å². The van der Waals surface area contributed by atoms with E-state index < -0.39 is 0 Å². The zero-order chi connectivity index (χ0) is 21.3. The molecule has 0 amide bonds. The Hall–Kier alpha value is -2.15. The van der Waals surface area contributed by atoms with E-state index in [0.717, 1.165) is 62.5 Å². The molecule has 0 radical (unpaired) electrons. The minimum Gasteiger partial charge on any atom is -0.497 e. The predicted molar refractivity (Wildman–Crippen MR) is 127 cm³/mol. The summed E-state index contributed by atoms with van der Waals surface area (Å²) >= 11 is 5.80. The zero-order valence-electron chi connectivity index (χ0n) is 18.3. The lowest BCUT2D eigenvalue weighted by Gasteiger charge is -2.31. The molecule has 2 aromatic rings. The van der Waals surface area contributed by atoms with E-state index in [2.05, 4.69) is 65.4 Å². The van der Waals surface area contributed by atoms with E-state index in [-0.39, 0.29) is 0 Å². The van der Waals surface area contributed by atoms with Gasteiger partial charge < -0.3 is 19.7 Å². The Morgan fingerprint density at radius 1 is 1.10 bits per heavy atom. The summed E-state index contributed by atoms with van der Waals surface area (Å²) in [7, 11) is 1.69. The predicted octanol–water partition coefficient (Wildman–Crippen LogP) is 4.35. The Morgan fingerprint density at radius 2 is 1.77 bits per heavy atom. The molecule has 0 aromatic heterocycles. The average molecular weight is 428 g/mol. The molecule has 1 aliphatic rings. The highest BCUT2D eigenvalue weighted by molar-refractivity contribution is 7.80. The molecule has 0 bridgehead atoms. The number of rotatable bonds is 8. The number of nitrogens with zero attached hydrogens (tertiary/aromatic N) is 2. The summed E-state index contributed by atoms with van der Waals surface area (Å²) in [6, 6.07) is 16.7. The summed E-state index contributed by atoms with van der Waals surface area (Å²) in [6.07, 6.45) is 0. The fourth-order valence-corrected chi connectivity index (χ4v) is 3.72. The zero-order valence-corrected chi connectivity index (χ0v) is 19.1. The number of ether oxygens (including phenoxy) is 2. The highest BCUT2D eigenvalue weighted by atomic mass is 32.1. The fourth-order valence-electron chi connectivity index (χ4n) is 3.44. The van der Waals surface area contributed by atoms with Gasteiger partial charge in [0.2, 0.25) is 0 Å². The SMILES string of the molecule is COc1ccc(CN(CCN2CCOCC2)C(=S)Nc2ccc(C(C)C)cc2)cc1. The molecule has 1 saturated heterocycles. The molecule has 3 rings (SSSR count). The van der Waals surface area contributed by atoms with E-state index in [0.29, 0.717) is 5.92 Å². The van der Waals surface area contributed by atoms with Crippen molar-refractivity contribution in [3.63, 3.8) is 0 Å². The van der Waals surface area contributed by atoms with Crippen molar-refractivity contribution in [2.24, 2.45) is 0 Å². The van der Waals surface area contributed by atoms with Crippen LogP contribution in [0.5, 0.6) is 5.75 Å². The molecular weight excluding hydrogens is 394 g/mol. The Morgan fingerprint density at radius 3 is 2.37 bits per heavy atom. The second kappa shape index (κ2) is 11.3. The van der Waals surface area contributed by atoms with Gasteiger partial charge in [-0.1, -0.05) is 38.1 Å². The number of thiocarbonyl (C=S) groups is 1. The molecule has 6 heteroatoms. The lowest BCUT2D eigenvalue weighted by Crippen LogP contribution is -2.43. The van der Waals surface area contributed by atoms with Crippen LogP contribution in [0.3, 0.4) is 0 Å². The summed E-state index contributed by atoms with van der Waals surface area (Å²) in [4.78, 5) is 4.67. The van der Waals surface area contributed by atoms with Gasteiger partial charge in [-0.05, 0) is 53.5 Å². The normalized spacial score (nSPS) is 14.5. The Labute approximate surface area is 186 Å². The summed E-state index contributed by atoms with van der Waals surface area (Å²) in [5.41, 5.74) is 3.56. The number of hydrogen-bond donors (Lipinski definition) is 1. The lowest BCUT2D eigenvalue weighted by molar-refractivity contribution is 0.0358. The first kappa shape index (κ1) is 22.5. The van der Waals surface area contributed by atoms with Gasteiger partial charge in [0.1, 0.15) is 5.75 Å². The number of anilines is 1. The molecule has 5 nitrogen and oxygen atoms in total. The van der Waals surface area contributed by atoms with Crippen molar-refractivity contribution in [3.8, 4) is 5.75 Å². The van der Waals surface area contributed by atoms with Crippen LogP contribution in [0.25, 0.3) is 0 Å². The van der Waals surface area contributed by atoms with Gasteiger partial charge in [0.05, 0.1) is 20.3 Å². The fraction of sp³-hybridized carbons (Fsp3) is 0.458. The van der Waals surface area contributed by atoms with E-state index >= 15 is 0 Å². The van der Waals surface area contributed by atoms with Gasteiger partial charge in [-0.3, -0.25) is 4.90 Å². The number of nitrogens with one attached hydrogen (secondary N) is 1. The molecule has 162 valence electrons.